The lowest BCUT2D eigenvalue weighted by Gasteiger charge is -2.20. The van der Waals surface area contributed by atoms with Crippen molar-refractivity contribution >= 4 is 11.0 Å². The maximum Gasteiger partial charge on any atom is 0.348 e. The summed E-state index contributed by atoms with van der Waals surface area (Å²) in [5, 5.41) is 0. The van der Waals surface area contributed by atoms with E-state index in [1.807, 2.05) is 85.8 Å². The van der Waals surface area contributed by atoms with Crippen LogP contribution in [0.15, 0.2) is 71.9 Å². The number of likely N-dealkylation sites (N-methyl/N-ethyl adjacent to an activating group) is 1. The maximum absolute atomic E-state index is 12.4. The number of aromatic nitrogens is 4. The second kappa shape index (κ2) is 7.40. The van der Waals surface area contributed by atoms with E-state index in [1.165, 1.54) is 0 Å². The Hall–Kier alpha value is -3.25. The summed E-state index contributed by atoms with van der Waals surface area (Å²) in [5.74, 6) is 0. The van der Waals surface area contributed by atoms with E-state index in [0.29, 0.717) is 12.2 Å². The van der Waals surface area contributed by atoms with Crippen molar-refractivity contribution in [3.8, 4) is 16.9 Å². The first-order valence-corrected chi connectivity index (χ1v) is 9.30. The van der Waals surface area contributed by atoms with E-state index in [-0.39, 0.29) is 11.7 Å². The van der Waals surface area contributed by atoms with Crippen LogP contribution in [0.2, 0.25) is 0 Å². The predicted molar refractivity (Wildman–Crippen MR) is 112 cm³/mol. The number of benzene rings is 2. The minimum Gasteiger partial charge on any atom is -0.305 e. The van der Waals surface area contributed by atoms with Crippen molar-refractivity contribution in [2.24, 2.45) is 0 Å². The molecule has 1 atom stereocenters. The first-order valence-electron chi connectivity index (χ1n) is 9.30. The molecule has 142 valence electrons. The first-order chi connectivity index (χ1) is 13.5. The summed E-state index contributed by atoms with van der Waals surface area (Å²) in [6.45, 7) is 2.69. The van der Waals surface area contributed by atoms with Crippen LogP contribution >= 0.6 is 0 Å². The molecule has 6 nitrogen and oxygen atoms in total. The molecule has 2 aromatic carbocycles. The molecule has 0 saturated heterocycles. The van der Waals surface area contributed by atoms with Gasteiger partial charge in [0, 0.05) is 30.0 Å². The highest BCUT2D eigenvalue weighted by Crippen LogP contribution is 2.23. The van der Waals surface area contributed by atoms with Gasteiger partial charge in [-0.25, -0.2) is 9.78 Å². The Morgan fingerprint density at radius 3 is 2.57 bits per heavy atom. The molecule has 0 N–H and O–H groups in total. The molecule has 0 bridgehead atoms. The molecule has 4 rings (SSSR count). The first kappa shape index (κ1) is 18.1. The van der Waals surface area contributed by atoms with Gasteiger partial charge in [0.25, 0.3) is 0 Å². The van der Waals surface area contributed by atoms with Crippen LogP contribution in [0.1, 0.15) is 6.92 Å². The maximum atomic E-state index is 12.4. The summed E-state index contributed by atoms with van der Waals surface area (Å²) in [7, 11) is 4.00. The summed E-state index contributed by atoms with van der Waals surface area (Å²) in [6.07, 6.45) is 3.63. The van der Waals surface area contributed by atoms with Gasteiger partial charge in [-0.05, 0) is 51.4 Å². The monoisotopic (exact) mass is 373 g/mol. The highest BCUT2D eigenvalue weighted by atomic mass is 16.1. The van der Waals surface area contributed by atoms with Gasteiger partial charge in [-0.15, -0.1) is 0 Å². The number of fused-ring (bicyclic) bond motifs is 1. The van der Waals surface area contributed by atoms with Gasteiger partial charge in [0.15, 0.2) is 0 Å². The van der Waals surface area contributed by atoms with Crippen molar-refractivity contribution in [1.82, 2.24) is 24.0 Å². The van der Waals surface area contributed by atoms with Gasteiger partial charge in [-0.3, -0.25) is 9.13 Å². The van der Waals surface area contributed by atoms with Crippen molar-refractivity contribution in [1.29, 1.82) is 0 Å². The molecule has 0 aliphatic rings. The summed E-state index contributed by atoms with van der Waals surface area (Å²) in [6, 6.07) is 18.2. The van der Waals surface area contributed by atoms with Crippen molar-refractivity contribution in [2.75, 3.05) is 14.1 Å². The fraction of sp³-hybridized carbons (Fsp3) is 0.227. The molecular weight excluding hydrogens is 350 g/mol. The van der Waals surface area contributed by atoms with Gasteiger partial charge >= 0.3 is 5.69 Å². The van der Waals surface area contributed by atoms with Crippen molar-refractivity contribution in [3.05, 3.63) is 77.6 Å². The average Bonchev–Trinajstić information content (AvgIpc) is 3.13. The minimum atomic E-state index is -0.235. The topological polar surface area (TPSA) is 56.0 Å². The van der Waals surface area contributed by atoms with E-state index in [9.17, 15) is 4.79 Å². The Morgan fingerprint density at radius 1 is 1.07 bits per heavy atom. The molecule has 0 aliphatic carbocycles. The lowest BCUT2D eigenvalue weighted by molar-refractivity contribution is 0.280. The predicted octanol–water partition coefficient (Wildman–Crippen LogP) is 3.20. The largest absolute Gasteiger partial charge is 0.348 e. The van der Waals surface area contributed by atoms with E-state index in [2.05, 4.69) is 21.8 Å². The van der Waals surface area contributed by atoms with Crippen molar-refractivity contribution < 1.29 is 0 Å². The van der Waals surface area contributed by atoms with Crippen LogP contribution in [-0.2, 0) is 6.54 Å². The molecular formula is C22H23N5O. The second-order valence-corrected chi connectivity index (χ2v) is 7.21. The number of imidazole rings is 1. The number of hydrogen-bond acceptors (Lipinski definition) is 4. The van der Waals surface area contributed by atoms with Gasteiger partial charge in [0.2, 0.25) is 0 Å². The van der Waals surface area contributed by atoms with Crippen LogP contribution in [0.4, 0.5) is 0 Å². The highest BCUT2D eigenvalue weighted by molar-refractivity contribution is 5.82. The normalized spacial score (nSPS) is 12.6. The standard InChI is InChI=1S/C22H23N5O/c1-16(25(2)3)14-26-12-11-19(24-22(26)28)17-9-10-21-20(13-17)23-15-27(21)18-7-5-4-6-8-18/h4-13,15-16H,14H2,1-3H3. The average molecular weight is 373 g/mol. The number of para-hydroxylation sites is 1. The zero-order valence-corrected chi connectivity index (χ0v) is 16.3. The van der Waals surface area contributed by atoms with Crippen LogP contribution in [-0.4, -0.2) is 44.1 Å². The van der Waals surface area contributed by atoms with E-state index in [0.717, 1.165) is 22.3 Å². The zero-order valence-electron chi connectivity index (χ0n) is 16.3. The Labute approximate surface area is 163 Å². The molecule has 2 heterocycles. The Bertz CT molecular complexity index is 1160. The van der Waals surface area contributed by atoms with Gasteiger partial charge in [0.05, 0.1) is 16.7 Å². The van der Waals surface area contributed by atoms with Crippen LogP contribution in [0.3, 0.4) is 0 Å². The summed E-state index contributed by atoms with van der Waals surface area (Å²) in [4.78, 5) is 23.3. The van der Waals surface area contributed by atoms with Crippen molar-refractivity contribution in [3.63, 3.8) is 0 Å². The third kappa shape index (κ3) is 3.46. The van der Waals surface area contributed by atoms with Crippen LogP contribution < -0.4 is 5.69 Å². The third-order valence-electron chi connectivity index (χ3n) is 5.09. The third-order valence-corrected chi connectivity index (χ3v) is 5.09. The Morgan fingerprint density at radius 2 is 1.86 bits per heavy atom. The molecule has 1 unspecified atom stereocenters. The fourth-order valence-corrected chi connectivity index (χ4v) is 3.14. The molecule has 6 heteroatoms. The molecule has 0 aliphatic heterocycles. The molecule has 0 saturated carbocycles. The Kier molecular flexibility index (Phi) is 4.79. The number of nitrogens with zero attached hydrogens (tertiary/aromatic N) is 5. The minimum absolute atomic E-state index is 0.235. The zero-order chi connectivity index (χ0) is 19.7. The SMILES string of the molecule is CC(Cn1ccc(-c2ccc3c(c2)ncn3-c2ccccc2)nc1=O)N(C)C. The Balaban J connectivity index is 1.67. The van der Waals surface area contributed by atoms with Gasteiger partial charge < -0.3 is 4.90 Å². The van der Waals surface area contributed by atoms with Gasteiger partial charge in [-0.1, -0.05) is 24.3 Å². The van der Waals surface area contributed by atoms with Crippen molar-refractivity contribution in [2.45, 2.75) is 19.5 Å². The summed E-state index contributed by atoms with van der Waals surface area (Å²) in [5.41, 5.74) is 4.26. The second-order valence-electron chi connectivity index (χ2n) is 7.21. The molecule has 4 aromatic rings. The summed E-state index contributed by atoms with van der Waals surface area (Å²) >= 11 is 0. The van der Waals surface area contributed by atoms with Gasteiger partial charge in [0.1, 0.15) is 6.33 Å². The summed E-state index contributed by atoms with van der Waals surface area (Å²) < 4.78 is 3.70. The highest BCUT2D eigenvalue weighted by Gasteiger charge is 2.10. The quantitative estimate of drug-likeness (QED) is 0.539. The molecule has 28 heavy (non-hydrogen) atoms. The smallest absolute Gasteiger partial charge is 0.305 e. The molecule has 0 spiro atoms. The van der Waals surface area contributed by atoms with Gasteiger partial charge in [-0.2, -0.15) is 4.98 Å². The number of hydrogen-bond donors (Lipinski definition) is 0. The molecule has 2 aromatic heterocycles. The van der Waals surface area contributed by atoms with Crippen LogP contribution in [0.25, 0.3) is 28.0 Å². The van der Waals surface area contributed by atoms with E-state index < -0.39 is 0 Å². The van der Waals surface area contributed by atoms with E-state index in [1.54, 1.807) is 4.57 Å². The van der Waals surface area contributed by atoms with E-state index >= 15 is 0 Å². The molecule has 0 amide bonds. The van der Waals surface area contributed by atoms with Crippen LogP contribution in [0.5, 0.6) is 0 Å². The van der Waals surface area contributed by atoms with Crippen LogP contribution in [0, 0.1) is 0 Å². The van der Waals surface area contributed by atoms with E-state index in [4.69, 9.17) is 0 Å². The lowest BCUT2D eigenvalue weighted by atomic mass is 10.1. The molecule has 0 fully saturated rings. The lowest BCUT2D eigenvalue weighted by Crippen LogP contribution is -2.34. The molecule has 0 radical (unpaired) electrons. The fourth-order valence-electron chi connectivity index (χ4n) is 3.14. The number of rotatable bonds is 5.